The molecule has 20 heavy (non-hydrogen) atoms. The van der Waals surface area contributed by atoms with Gasteiger partial charge in [0.15, 0.2) is 0 Å². The molecule has 0 spiro atoms. The molecule has 1 aliphatic rings. The molecule has 1 aliphatic heterocycles. The van der Waals surface area contributed by atoms with E-state index in [4.69, 9.17) is 4.74 Å². The second-order valence-electron chi connectivity index (χ2n) is 4.72. The Balaban J connectivity index is 2.03. The lowest BCUT2D eigenvalue weighted by molar-refractivity contribution is -0.173. The van der Waals surface area contributed by atoms with E-state index < -0.39 is 12.1 Å². The summed E-state index contributed by atoms with van der Waals surface area (Å²) in [4.78, 5) is 22.0. The topological polar surface area (TPSA) is 67.4 Å². The van der Waals surface area contributed by atoms with Gasteiger partial charge in [0.05, 0.1) is 0 Å². The number of amides is 2. The highest BCUT2D eigenvalue weighted by atomic mass is 19.4. The summed E-state index contributed by atoms with van der Waals surface area (Å²) >= 11 is 0. The number of hydrogen-bond donors (Lipinski definition) is 2. The number of ether oxygens (including phenoxy) is 1. The highest BCUT2D eigenvalue weighted by Gasteiger charge is 2.38. The van der Waals surface area contributed by atoms with E-state index in [0.29, 0.717) is 25.6 Å². The first kappa shape index (κ1) is 16.7. The van der Waals surface area contributed by atoms with Crippen molar-refractivity contribution in [2.75, 3.05) is 26.3 Å². The van der Waals surface area contributed by atoms with Crippen LogP contribution in [-0.2, 0) is 14.3 Å². The van der Waals surface area contributed by atoms with Gasteiger partial charge in [-0.05, 0) is 25.2 Å². The Kier molecular flexibility index (Phi) is 6.77. The maximum atomic E-state index is 11.9. The van der Waals surface area contributed by atoms with Crippen LogP contribution in [0.2, 0.25) is 0 Å². The van der Waals surface area contributed by atoms with Crippen molar-refractivity contribution < 1.29 is 27.5 Å². The monoisotopic (exact) mass is 296 g/mol. The van der Waals surface area contributed by atoms with Crippen LogP contribution >= 0.6 is 0 Å². The van der Waals surface area contributed by atoms with Crippen LogP contribution < -0.4 is 10.6 Å². The van der Waals surface area contributed by atoms with E-state index in [1.54, 1.807) is 5.32 Å². The Labute approximate surface area is 115 Å². The molecule has 1 fully saturated rings. The highest BCUT2D eigenvalue weighted by molar-refractivity contribution is 5.81. The lowest BCUT2D eigenvalue weighted by Crippen LogP contribution is -2.38. The summed E-state index contributed by atoms with van der Waals surface area (Å²) in [5.41, 5.74) is 0. The van der Waals surface area contributed by atoms with E-state index in [-0.39, 0.29) is 25.4 Å². The van der Waals surface area contributed by atoms with E-state index in [1.807, 2.05) is 0 Å². The van der Waals surface area contributed by atoms with Gasteiger partial charge < -0.3 is 15.4 Å². The summed E-state index contributed by atoms with van der Waals surface area (Å²) in [7, 11) is 0. The summed E-state index contributed by atoms with van der Waals surface area (Å²) in [5, 5.41) is 4.38. The fourth-order valence-electron chi connectivity index (χ4n) is 1.90. The molecule has 2 N–H and O–H groups in total. The Bertz CT molecular complexity index is 328. The van der Waals surface area contributed by atoms with Gasteiger partial charge in [-0.2, -0.15) is 13.2 Å². The van der Waals surface area contributed by atoms with Crippen molar-refractivity contribution in [1.29, 1.82) is 0 Å². The zero-order chi connectivity index (χ0) is 15.0. The maximum Gasteiger partial charge on any atom is 0.471 e. The fourth-order valence-corrected chi connectivity index (χ4v) is 1.90. The van der Waals surface area contributed by atoms with E-state index in [0.717, 1.165) is 12.8 Å². The van der Waals surface area contributed by atoms with Gasteiger partial charge in [-0.25, -0.2) is 0 Å². The van der Waals surface area contributed by atoms with Crippen molar-refractivity contribution in [3.05, 3.63) is 0 Å². The highest BCUT2D eigenvalue weighted by Crippen LogP contribution is 2.18. The van der Waals surface area contributed by atoms with Gasteiger partial charge >= 0.3 is 12.1 Å². The van der Waals surface area contributed by atoms with E-state index >= 15 is 0 Å². The molecule has 5 nitrogen and oxygen atoms in total. The third kappa shape index (κ3) is 6.74. The van der Waals surface area contributed by atoms with Crippen LogP contribution in [0.3, 0.4) is 0 Å². The molecular formula is C12H19F3N2O3. The van der Waals surface area contributed by atoms with Crippen LogP contribution in [0.5, 0.6) is 0 Å². The van der Waals surface area contributed by atoms with E-state index in [1.165, 1.54) is 0 Å². The van der Waals surface area contributed by atoms with Crippen molar-refractivity contribution >= 4 is 11.8 Å². The van der Waals surface area contributed by atoms with Crippen LogP contribution in [0.25, 0.3) is 0 Å². The zero-order valence-corrected chi connectivity index (χ0v) is 11.1. The quantitative estimate of drug-likeness (QED) is 0.718. The number of carbonyl (C=O) groups is 2. The van der Waals surface area contributed by atoms with Gasteiger partial charge in [0.2, 0.25) is 5.91 Å². The molecule has 0 bridgehead atoms. The normalized spacial score (nSPS) is 16.8. The van der Waals surface area contributed by atoms with Crippen LogP contribution in [0.1, 0.15) is 25.7 Å². The second-order valence-corrected chi connectivity index (χ2v) is 4.72. The summed E-state index contributed by atoms with van der Waals surface area (Å²) < 4.78 is 40.7. The molecule has 0 aliphatic carbocycles. The first-order chi connectivity index (χ1) is 9.39. The van der Waals surface area contributed by atoms with E-state index in [2.05, 4.69) is 5.32 Å². The Hall–Kier alpha value is -1.31. The van der Waals surface area contributed by atoms with Gasteiger partial charge in [0, 0.05) is 32.7 Å². The summed E-state index contributed by atoms with van der Waals surface area (Å²) in [5.74, 6) is -1.75. The maximum absolute atomic E-state index is 11.9. The summed E-state index contributed by atoms with van der Waals surface area (Å²) in [6, 6.07) is 0. The van der Waals surface area contributed by atoms with Gasteiger partial charge in [-0.15, -0.1) is 0 Å². The SMILES string of the molecule is O=C(CC1CCOCC1)NCCCNC(=O)C(F)(F)F. The van der Waals surface area contributed by atoms with Crippen molar-refractivity contribution in [1.82, 2.24) is 10.6 Å². The minimum Gasteiger partial charge on any atom is -0.381 e. The van der Waals surface area contributed by atoms with Crippen molar-refractivity contribution in [3.63, 3.8) is 0 Å². The van der Waals surface area contributed by atoms with Gasteiger partial charge in [0.1, 0.15) is 0 Å². The van der Waals surface area contributed by atoms with Crippen LogP contribution in [0.4, 0.5) is 13.2 Å². The molecule has 116 valence electrons. The van der Waals surface area contributed by atoms with Crippen molar-refractivity contribution in [3.8, 4) is 0 Å². The number of nitrogens with one attached hydrogen (secondary N) is 2. The fraction of sp³-hybridized carbons (Fsp3) is 0.833. The lowest BCUT2D eigenvalue weighted by atomic mass is 9.96. The van der Waals surface area contributed by atoms with Crippen molar-refractivity contribution in [2.24, 2.45) is 5.92 Å². The predicted molar refractivity (Wildman–Crippen MR) is 64.9 cm³/mol. The average molecular weight is 296 g/mol. The molecule has 8 heteroatoms. The van der Waals surface area contributed by atoms with Gasteiger partial charge in [-0.3, -0.25) is 9.59 Å². The lowest BCUT2D eigenvalue weighted by Gasteiger charge is -2.21. The zero-order valence-electron chi connectivity index (χ0n) is 11.1. The minimum absolute atomic E-state index is 0.112. The van der Waals surface area contributed by atoms with Crippen LogP contribution in [0.15, 0.2) is 0 Å². The standard InChI is InChI=1S/C12H19F3N2O3/c13-12(14,15)11(19)17-5-1-4-16-10(18)8-9-2-6-20-7-3-9/h9H,1-8H2,(H,16,18)(H,17,19). The second kappa shape index (κ2) is 8.08. The average Bonchev–Trinajstić information content (AvgIpc) is 2.38. The van der Waals surface area contributed by atoms with Crippen LogP contribution in [-0.4, -0.2) is 44.3 Å². The van der Waals surface area contributed by atoms with Crippen molar-refractivity contribution in [2.45, 2.75) is 31.9 Å². The smallest absolute Gasteiger partial charge is 0.381 e. The number of rotatable bonds is 6. The van der Waals surface area contributed by atoms with Gasteiger partial charge in [0.25, 0.3) is 0 Å². The van der Waals surface area contributed by atoms with Gasteiger partial charge in [-0.1, -0.05) is 0 Å². The molecule has 1 heterocycles. The minimum atomic E-state index is -4.85. The van der Waals surface area contributed by atoms with E-state index in [9.17, 15) is 22.8 Å². The molecule has 1 rings (SSSR count). The molecule has 0 aromatic carbocycles. The first-order valence-corrected chi connectivity index (χ1v) is 6.59. The molecule has 0 aromatic rings. The molecule has 0 radical (unpaired) electrons. The third-order valence-corrected chi connectivity index (χ3v) is 3.03. The number of hydrogen-bond acceptors (Lipinski definition) is 3. The predicted octanol–water partition coefficient (Wildman–Crippen LogP) is 0.988. The molecule has 0 unspecified atom stereocenters. The Morgan fingerprint density at radius 3 is 2.30 bits per heavy atom. The summed E-state index contributed by atoms with van der Waals surface area (Å²) in [6.45, 7) is 1.47. The molecule has 0 atom stereocenters. The third-order valence-electron chi connectivity index (χ3n) is 3.03. The molecule has 2 amide bonds. The number of halogens is 3. The molecule has 0 saturated carbocycles. The molecular weight excluding hydrogens is 277 g/mol. The summed E-state index contributed by atoms with van der Waals surface area (Å²) in [6.07, 6.45) is -2.46. The first-order valence-electron chi connectivity index (χ1n) is 6.59. The molecule has 0 aromatic heterocycles. The number of alkyl halides is 3. The Morgan fingerprint density at radius 2 is 1.70 bits per heavy atom. The number of carbonyl (C=O) groups excluding carboxylic acids is 2. The van der Waals surface area contributed by atoms with Crippen LogP contribution in [0, 0.1) is 5.92 Å². The Morgan fingerprint density at radius 1 is 1.10 bits per heavy atom. The molecule has 1 saturated heterocycles. The largest absolute Gasteiger partial charge is 0.471 e.